The van der Waals surface area contributed by atoms with Crippen molar-refractivity contribution in [2.24, 2.45) is 5.73 Å². The van der Waals surface area contributed by atoms with Gasteiger partial charge in [0.2, 0.25) is 5.91 Å². The predicted octanol–water partition coefficient (Wildman–Crippen LogP) is 1.59. The molecule has 0 spiro atoms. The van der Waals surface area contributed by atoms with Gasteiger partial charge in [-0.2, -0.15) is 0 Å². The predicted molar refractivity (Wildman–Crippen MR) is 64.9 cm³/mol. The van der Waals surface area contributed by atoms with Crippen LogP contribution in [0.15, 0.2) is 18.2 Å². The van der Waals surface area contributed by atoms with Crippen LogP contribution in [0.3, 0.4) is 0 Å². The first-order valence-corrected chi connectivity index (χ1v) is 5.31. The van der Waals surface area contributed by atoms with Gasteiger partial charge in [-0.15, -0.1) is 0 Å². The number of hydrogen-bond acceptors (Lipinski definition) is 3. The van der Waals surface area contributed by atoms with E-state index in [1.807, 2.05) is 0 Å². The first kappa shape index (κ1) is 14.1. The van der Waals surface area contributed by atoms with Gasteiger partial charge in [0.05, 0.1) is 5.69 Å². The minimum atomic E-state index is -1.43. The molecule has 1 amide bonds. The van der Waals surface area contributed by atoms with Crippen LogP contribution in [0.4, 0.5) is 10.1 Å². The molecule has 0 aromatic heterocycles. The lowest BCUT2D eigenvalue weighted by atomic mass is 10.0. The summed E-state index contributed by atoms with van der Waals surface area (Å²) in [7, 11) is 0. The number of hydrogen-bond donors (Lipinski definition) is 3. The first-order chi connectivity index (χ1) is 8.20. The van der Waals surface area contributed by atoms with Gasteiger partial charge < -0.3 is 16.2 Å². The zero-order valence-electron chi connectivity index (χ0n) is 10.2. The lowest BCUT2D eigenvalue weighted by Crippen LogP contribution is -2.36. The Morgan fingerprint density at radius 3 is 2.56 bits per heavy atom. The summed E-state index contributed by atoms with van der Waals surface area (Å²) in [5.74, 6) is -2.79. The molecule has 0 bridgehead atoms. The summed E-state index contributed by atoms with van der Waals surface area (Å²) in [6.45, 7) is 3.33. The van der Waals surface area contributed by atoms with E-state index in [9.17, 15) is 14.0 Å². The number of anilines is 1. The molecule has 0 fully saturated rings. The van der Waals surface area contributed by atoms with E-state index in [0.29, 0.717) is 0 Å². The number of amides is 1. The fraction of sp³-hybridized carbons (Fsp3) is 0.333. The Balaban J connectivity index is 2.95. The number of halogens is 1. The van der Waals surface area contributed by atoms with Crippen LogP contribution in [-0.2, 0) is 4.79 Å². The highest BCUT2D eigenvalue weighted by molar-refractivity contribution is 6.00. The lowest BCUT2D eigenvalue weighted by molar-refractivity contribution is -0.117. The third-order valence-electron chi connectivity index (χ3n) is 2.12. The largest absolute Gasteiger partial charge is 0.478 e. The summed E-state index contributed by atoms with van der Waals surface area (Å²) in [5.41, 5.74) is 4.32. The van der Waals surface area contributed by atoms with Crippen molar-refractivity contribution in [3.8, 4) is 0 Å². The maximum atomic E-state index is 13.3. The quantitative estimate of drug-likeness (QED) is 0.760. The van der Waals surface area contributed by atoms with Crippen molar-refractivity contribution in [1.82, 2.24) is 0 Å². The molecule has 0 aliphatic rings. The number of rotatable bonds is 4. The van der Waals surface area contributed by atoms with Crippen LogP contribution < -0.4 is 11.1 Å². The maximum absolute atomic E-state index is 13.3. The number of carboxylic acid groups (broad SMARTS) is 1. The zero-order chi connectivity index (χ0) is 13.9. The lowest BCUT2D eigenvalue weighted by Gasteiger charge is -2.18. The number of nitrogens with two attached hydrogens (primary N) is 1. The van der Waals surface area contributed by atoms with E-state index in [1.165, 1.54) is 12.1 Å². The van der Waals surface area contributed by atoms with E-state index < -0.39 is 28.8 Å². The minimum absolute atomic E-state index is 0.00255. The van der Waals surface area contributed by atoms with Crippen LogP contribution in [0.5, 0.6) is 0 Å². The highest BCUT2D eigenvalue weighted by Gasteiger charge is 2.20. The molecule has 98 valence electrons. The van der Waals surface area contributed by atoms with Gasteiger partial charge in [0.25, 0.3) is 0 Å². The third kappa shape index (κ3) is 3.81. The van der Waals surface area contributed by atoms with E-state index in [2.05, 4.69) is 5.32 Å². The number of nitrogens with one attached hydrogen (secondary N) is 1. The summed E-state index contributed by atoms with van der Waals surface area (Å²) >= 11 is 0. The van der Waals surface area contributed by atoms with Crippen molar-refractivity contribution in [1.29, 1.82) is 0 Å². The van der Waals surface area contributed by atoms with Crippen molar-refractivity contribution in [3.63, 3.8) is 0 Å². The van der Waals surface area contributed by atoms with Crippen LogP contribution in [-0.4, -0.2) is 22.5 Å². The molecule has 1 rings (SSSR count). The smallest absolute Gasteiger partial charge is 0.340 e. The van der Waals surface area contributed by atoms with Crippen LogP contribution in [0.2, 0.25) is 0 Å². The highest BCUT2D eigenvalue weighted by Crippen LogP contribution is 2.19. The monoisotopic (exact) mass is 254 g/mol. The van der Waals surface area contributed by atoms with Gasteiger partial charge in [-0.05, 0) is 26.0 Å². The van der Waals surface area contributed by atoms with Gasteiger partial charge in [0.15, 0.2) is 0 Å². The number of carbonyl (C=O) groups excluding carboxylic acids is 1. The molecule has 18 heavy (non-hydrogen) atoms. The molecule has 6 heteroatoms. The number of carboxylic acids is 1. The minimum Gasteiger partial charge on any atom is -0.478 e. The van der Waals surface area contributed by atoms with Gasteiger partial charge in [-0.3, -0.25) is 4.79 Å². The Bertz CT molecular complexity index is 481. The molecule has 0 heterocycles. The molecule has 0 aliphatic heterocycles. The van der Waals surface area contributed by atoms with Crippen LogP contribution in [0.1, 0.15) is 30.6 Å². The SMILES string of the molecule is CC(C)(N)CC(=O)Nc1cccc(F)c1C(=O)O. The average molecular weight is 254 g/mol. The van der Waals surface area contributed by atoms with Crippen molar-refractivity contribution in [2.75, 3.05) is 5.32 Å². The second-order valence-electron chi connectivity index (χ2n) is 4.68. The van der Waals surface area contributed by atoms with Crippen LogP contribution >= 0.6 is 0 Å². The molecule has 1 aromatic rings. The Morgan fingerprint density at radius 2 is 2.06 bits per heavy atom. The molecule has 4 N–H and O–H groups in total. The molecule has 0 atom stereocenters. The van der Waals surface area contributed by atoms with Gasteiger partial charge in [-0.1, -0.05) is 6.07 Å². The Labute approximate surface area is 104 Å². The normalized spacial score (nSPS) is 11.1. The third-order valence-corrected chi connectivity index (χ3v) is 2.12. The number of carbonyl (C=O) groups is 2. The van der Waals surface area contributed by atoms with Gasteiger partial charge >= 0.3 is 5.97 Å². The Morgan fingerprint density at radius 1 is 1.44 bits per heavy atom. The first-order valence-electron chi connectivity index (χ1n) is 5.31. The summed E-state index contributed by atoms with van der Waals surface area (Å²) in [6.07, 6.45) is 0.00255. The van der Waals surface area contributed by atoms with Crippen molar-refractivity contribution < 1.29 is 19.1 Å². The fourth-order valence-corrected chi connectivity index (χ4v) is 1.45. The molecular weight excluding hydrogens is 239 g/mol. The molecular formula is C12H15FN2O3. The standard InChI is InChI=1S/C12H15FN2O3/c1-12(2,14)6-9(16)15-8-5-3-4-7(13)10(8)11(17)18/h3-5H,6,14H2,1-2H3,(H,15,16)(H,17,18). The molecule has 0 radical (unpaired) electrons. The van der Waals surface area contributed by atoms with Gasteiger partial charge in [0.1, 0.15) is 11.4 Å². The van der Waals surface area contributed by atoms with E-state index in [0.717, 1.165) is 6.07 Å². The topological polar surface area (TPSA) is 92.4 Å². The van der Waals surface area contributed by atoms with E-state index in [-0.39, 0.29) is 12.1 Å². The van der Waals surface area contributed by atoms with Crippen molar-refractivity contribution >= 4 is 17.6 Å². The summed E-state index contributed by atoms with van der Waals surface area (Å²) in [4.78, 5) is 22.5. The van der Waals surface area contributed by atoms with E-state index >= 15 is 0 Å². The molecule has 0 saturated carbocycles. The molecule has 0 aliphatic carbocycles. The van der Waals surface area contributed by atoms with Crippen molar-refractivity contribution in [3.05, 3.63) is 29.6 Å². The van der Waals surface area contributed by atoms with E-state index in [4.69, 9.17) is 10.8 Å². The number of aromatic carboxylic acids is 1. The summed E-state index contributed by atoms with van der Waals surface area (Å²) in [6, 6.07) is 3.67. The highest BCUT2D eigenvalue weighted by atomic mass is 19.1. The molecule has 1 aromatic carbocycles. The molecule has 0 unspecified atom stereocenters. The molecule has 0 saturated heterocycles. The Kier molecular flexibility index (Phi) is 4.03. The Hall–Kier alpha value is -1.95. The number of benzene rings is 1. The van der Waals surface area contributed by atoms with E-state index in [1.54, 1.807) is 13.8 Å². The van der Waals surface area contributed by atoms with Gasteiger partial charge in [-0.25, -0.2) is 9.18 Å². The second kappa shape index (κ2) is 5.14. The fourth-order valence-electron chi connectivity index (χ4n) is 1.45. The van der Waals surface area contributed by atoms with Crippen LogP contribution in [0.25, 0.3) is 0 Å². The van der Waals surface area contributed by atoms with Crippen molar-refractivity contribution in [2.45, 2.75) is 25.8 Å². The van der Waals surface area contributed by atoms with Crippen LogP contribution in [0, 0.1) is 5.82 Å². The maximum Gasteiger partial charge on any atom is 0.340 e. The second-order valence-corrected chi connectivity index (χ2v) is 4.68. The summed E-state index contributed by atoms with van der Waals surface area (Å²) in [5, 5.41) is 11.2. The molecule has 5 nitrogen and oxygen atoms in total. The zero-order valence-corrected chi connectivity index (χ0v) is 10.2. The van der Waals surface area contributed by atoms with Gasteiger partial charge in [0, 0.05) is 12.0 Å². The average Bonchev–Trinajstić information content (AvgIpc) is 2.13. The summed E-state index contributed by atoms with van der Waals surface area (Å²) < 4.78 is 13.3.